The summed E-state index contributed by atoms with van der Waals surface area (Å²) < 4.78 is 0. The van der Waals surface area contributed by atoms with Crippen LogP contribution in [0, 0.1) is 0 Å². The number of carbonyl (C=O) groups is 1. The highest BCUT2D eigenvalue weighted by Gasteiger charge is 2.20. The van der Waals surface area contributed by atoms with Crippen LogP contribution in [0.4, 0.5) is 0 Å². The molecule has 2 fully saturated rings. The largest absolute Gasteiger partial charge is 0.339 e. The fourth-order valence-corrected chi connectivity index (χ4v) is 5.36. The molecule has 0 aromatic heterocycles. The number of hydrogen-bond donors (Lipinski definition) is 0. The van der Waals surface area contributed by atoms with Crippen molar-refractivity contribution in [1.29, 1.82) is 0 Å². The monoisotopic (exact) mass is 417 g/mol. The molecule has 0 unspecified atom stereocenters. The van der Waals surface area contributed by atoms with Crippen LogP contribution in [0.2, 0.25) is 0 Å². The Morgan fingerprint density at radius 1 is 0.677 bits per heavy atom. The molecule has 0 radical (unpaired) electrons. The van der Waals surface area contributed by atoms with Crippen LogP contribution in [0.5, 0.6) is 0 Å². The summed E-state index contributed by atoms with van der Waals surface area (Å²) in [6.45, 7) is 9.03. The van der Waals surface area contributed by atoms with Crippen LogP contribution in [0.15, 0.2) is 42.5 Å². The molecular weight excluding hydrogens is 382 g/mol. The van der Waals surface area contributed by atoms with Crippen LogP contribution in [0.3, 0.4) is 0 Å². The predicted octanol–water partition coefficient (Wildman–Crippen LogP) is 4.43. The second-order valence-corrected chi connectivity index (χ2v) is 9.49. The first-order chi connectivity index (χ1) is 15.3. The highest BCUT2D eigenvalue weighted by Crippen LogP contribution is 2.27. The van der Waals surface area contributed by atoms with Crippen molar-refractivity contribution >= 4 is 5.91 Å². The third-order valence-electron chi connectivity index (χ3n) is 7.34. The van der Waals surface area contributed by atoms with Gasteiger partial charge in [-0.3, -0.25) is 9.69 Å². The summed E-state index contributed by atoms with van der Waals surface area (Å²) in [6, 6.07) is 15.2. The lowest BCUT2D eigenvalue weighted by Crippen LogP contribution is -2.37. The van der Waals surface area contributed by atoms with Crippen molar-refractivity contribution in [2.75, 3.05) is 45.8 Å². The second kappa shape index (κ2) is 9.54. The zero-order valence-electron chi connectivity index (χ0n) is 18.7. The van der Waals surface area contributed by atoms with Gasteiger partial charge in [-0.05, 0) is 86.0 Å². The molecule has 2 aromatic carbocycles. The van der Waals surface area contributed by atoms with Crippen LogP contribution >= 0.6 is 0 Å². The third-order valence-corrected chi connectivity index (χ3v) is 7.34. The van der Waals surface area contributed by atoms with Gasteiger partial charge in [0.2, 0.25) is 0 Å². The molecule has 2 aromatic rings. The van der Waals surface area contributed by atoms with E-state index in [2.05, 4.69) is 40.1 Å². The molecule has 164 valence electrons. The first kappa shape index (κ1) is 20.7. The zero-order valence-corrected chi connectivity index (χ0v) is 18.7. The van der Waals surface area contributed by atoms with E-state index in [9.17, 15) is 4.79 Å². The summed E-state index contributed by atoms with van der Waals surface area (Å²) in [6.07, 6.45) is 7.40. The normalized spacial score (nSPS) is 20.1. The second-order valence-electron chi connectivity index (χ2n) is 9.49. The quantitative estimate of drug-likeness (QED) is 0.720. The number of hydrogen-bond acceptors (Lipinski definition) is 3. The number of amides is 1. The summed E-state index contributed by atoms with van der Waals surface area (Å²) in [4.78, 5) is 20.0. The number of piperidine rings is 1. The van der Waals surface area contributed by atoms with Gasteiger partial charge in [-0.25, -0.2) is 0 Å². The summed E-state index contributed by atoms with van der Waals surface area (Å²) in [7, 11) is 0. The maximum atomic E-state index is 12.7. The van der Waals surface area contributed by atoms with E-state index in [1.165, 1.54) is 67.7 Å². The molecule has 5 rings (SSSR count). The minimum absolute atomic E-state index is 0.186. The standard InChI is InChI=1S/C27H35N3O/c31-27(30-15-2-1-3-16-30)23-8-6-22(7-9-23)24-10-11-26-21-29(17-12-25(26)20-24)19-18-28-13-4-5-14-28/h6-11,20H,1-5,12-19,21H2. The summed E-state index contributed by atoms with van der Waals surface area (Å²) in [5.41, 5.74) is 6.25. The first-order valence-corrected chi connectivity index (χ1v) is 12.2. The molecule has 0 saturated carbocycles. The summed E-state index contributed by atoms with van der Waals surface area (Å²) in [5, 5.41) is 0. The van der Waals surface area contributed by atoms with Gasteiger partial charge in [0.05, 0.1) is 0 Å². The average Bonchev–Trinajstić information content (AvgIpc) is 3.36. The number of nitrogens with zero attached hydrogens (tertiary/aromatic N) is 3. The van der Waals surface area contributed by atoms with E-state index >= 15 is 0 Å². The van der Waals surface area contributed by atoms with E-state index in [4.69, 9.17) is 0 Å². The molecule has 0 spiro atoms. The van der Waals surface area contributed by atoms with Gasteiger partial charge in [0.15, 0.2) is 0 Å². The maximum Gasteiger partial charge on any atom is 0.253 e. The lowest BCUT2D eigenvalue weighted by atomic mass is 9.94. The van der Waals surface area contributed by atoms with E-state index in [1.54, 1.807) is 0 Å². The molecule has 3 aliphatic heterocycles. The topological polar surface area (TPSA) is 26.8 Å². The van der Waals surface area contributed by atoms with E-state index < -0.39 is 0 Å². The van der Waals surface area contributed by atoms with E-state index in [0.29, 0.717) is 0 Å². The van der Waals surface area contributed by atoms with Gasteiger partial charge < -0.3 is 9.80 Å². The van der Waals surface area contributed by atoms with Crippen molar-refractivity contribution in [2.24, 2.45) is 0 Å². The Balaban J connectivity index is 1.22. The van der Waals surface area contributed by atoms with Crippen molar-refractivity contribution in [1.82, 2.24) is 14.7 Å². The Bertz CT molecular complexity index is 895. The third kappa shape index (κ3) is 4.86. The van der Waals surface area contributed by atoms with Gasteiger partial charge in [0.1, 0.15) is 0 Å². The molecule has 31 heavy (non-hydrogen) atoms. The van der Waals surface area contributed by atoms with E-state index in [1.807, 2.05) is 17.0 Å². The number of rotatable bonds is 5. The highest BCUT2D eigenvalue weighted by molar-refractivity contribution is 5.94. The maximum absolute atomic E-state index is 12.7. The minimum Gasteiger partial charge on any atom is -0.339 e. The van der Waals surface area contributed by atoms with Crippen LogP contribution < -0.4 is 0 Å². The van der Waals surface area contributed by atoms with Crippen molar-refractivity contribution in [2.45, 2.75) is 45.1 Å². The van der Waals surface area contributed by atoms with Crippen molar-refractivity contribution < 1.29 is 4.79 Å². The minimum atomic E-state index is 0.186. The molecule has 0 bridgehead atoms. The number of fused-ring (bicyclic) bond motifs is 1. The van der Waals surface area contributed by atoms with Gasteiger partial charge in [-0.2, -0.15) is 0 Å². The lowest BCUT2D eigenvalue weighted by molar-refractivity contribution is 0.0724. The van der Waals surface area contributed by atoms with Gasteiger partial charge in [0, 0.05) is 44.8 Å². The molecule has 2 saturated heterocycles. The Morgan fingerprint density at radius 3 is 2.13 bits per heavy atom. The molecule has 3 aliphatic rings. The van der Waals surface area contributed by atoms with Crippen LogP contribution in [0.1, 0.15) is 53.6 Å². The summed E-state index contributed by atoms with van der Waals surface area (Å²) in [5.74, 6) is 0.186. The SMILES string of the molecule is O=C(c1ccc(-c2ccc3c(c2)CCN(CCN2CCCC2)C3)cc1)N1CCCCC1. The van der Waals surface area contributed by atoms with Gasteiger partial charge in [0.25, 0.3) is 5.91 Å². The lowest BCUT2D eigenvalue weighted by Gasteiger charge is -2.30. The molecular formula is C27H35N3O. The van der Waals surface area contributed by atoms with Crippen LogP contribution in [-0.2, 0) is 13.0 Å². The molecule has 4 heteroatoms. The van der Waals surface area contributed by atoms with E-state index in [0.717, 1.165) is 51.0 Å². The smallest absolute Gasteiger partial charge is 0.253 e. The van der Waals surface area contributed by atoms with E-state index in [-0.39, 0.29) is 5.91 Å². The molecule has 0 atom stereocenters. The molecule has 3 heterocycles. The molecule has 1 amide bonds. The average molecular weight is 418 g/mol. The van der Waals surface area contributed by atoms with Gasteiger partial charge in [-0.15, -0.1) is 0 Å². The molecule has 4 nitrogen and oxygen atoms in total. The van der Waals surface area contributed by atoms with Crippen LogP contribution in [0.25, 0.3) is 11.1 Å². The first-order valence-electron chi connectivity index (χ1n) is 12.2. The van der Waals surface area contributed by atoms with Gasteiger partial charge in [-0.1, -0.05) is 30.3 Å². The Labute approximate surface area is 186 Å². The van der Waals surface area contributed by atoms with Crippen LogP contribution in [-0.4, -0.2) is 66.4 Å². The van der Waals surface area contributed by atoms with Crippen molar-refractivity contribution in [3.8, 4) is 11.1 Å². The molecule has 0 N–H and O–H groups in total. The fraction of sp³-hybridized carbons (Fsp3) is 0.519. The van der Waals surface area contributed by atoms with Crippen molar-refractivity contribution in [3.63, 3.8) is 0 Å². The number of likely N-dealkylation sites (tertiary alicyclic amines) is 2. The summed E-state index contributed by atoms with van der Waals surface area (Å²) >= 11 is 0. The molecule has 0 aliphatic carbocycles. The Hall–Kier alpha value is -2.17. The van der Waals surface area contributed by atoms with Crippen molar-refractivity contribution in [3.05, 3.63) is 59.2 Å². The Kier molecular flexibility index (Phi) is 6.37. The number of benzene rings is 2. The van der Waals surface area contributed by atoms with Gasteiger partial charge >= 0.3 is 0 Å². The zero-order chi connectivity index (χ0) is 21.0. The number of carbonyl (C=O) groups excluding carboxylic acids is 1. The Morgan fingerprint density at radius 2 is 1.35 bits per heavy atom. The highest BCUT2D eigenvalue weighted by atomic mass is 16.2. The predicted molar refractivity (Wildman–Crippen MR) is 126 cm³/mol. The fourth-order valence-electron chi connectivity index (χ4n) is 5.36.